The van der Waals surface area contributed by atoms with E-state index < -0.39 is 12.2 Å². The summed E-state index contributed by atoms with van der Waals surface area (Å²) in [5.74, 6) is 0.144. The van der Waals surface area contributed by atoms with E-state index in [2.05, 4.69) is 15.5 Å². The van der Waals surface area contributed by atoms with Gasteiger partial charge in [0.2, 0.25) is 5.91 Å². The van der Waals surface area contributed by atoms with Gasteiger partial charge in [0.1, 0.15) is 6.61 Å². The normalized spacial score (nSPS) is 33.0. The average Bonchev–Trinajstić information content (AvgIpc) is 2.86. The van der Waals surface area contributed by atoms with Crippen LogP contribution in [0.25, 0.3) is 10.9 Å². The smallest absolute Gasteiger partial charge is 0.245 e. The number of benzene rings is 1. The summed E-state index contributed by atoms with van der Waals surface area (Å²) in [6.45, 7) is -0.496. The van der Waals surface area contributed by atoms with Crippen molar-refractivity contribution in [3.63, 3.8) is 0 Å². The molecule has 2 unspecified atom stereocenters. The van der Waals surface area contributed by atoms with Gasteiger partial charge >= 0.3 is 0 Å². The van der Waals surface area contributed by atoms with Crippen LogP contribution in [0.1, 0.15) is 18.4 Å². The third-order valence-corrected chi connectivity index (χ3v) is 5.19. The monoisotopic (exact) mass is 321 g/mol. The van der Waals surface area contributed by atoms with Crippen LogP contribution in [0.3, 0.4) is 0 Å². The highest BCUT2D eigenvalue weighted by Gasteiger charge is 2.62. The molecule has 0 radical (unpaired) electrons. The van der Waals surface area contributed by atoms with E-state index in [1.165, 1.54) is 0 Å². The van der Waals surface area contributed by atoms with Crippen LogP contribution in [0.5, 0.6) is 0 Å². The molecule has 0 bridgehead atoms. The Morgan fingerprint density at radius 3 is 2.86 bits per heavy atom. The molecule has 2 fully saturated rings. The van der Waals surface area contributed by atoms with Gasteiger partial charge in [-0.3, -0.25) is 9.89 Å². The molecule has 0 aliphatic heterocycles. The maximum Gasteiger partial charge on any atom is 0.245 e. The number of aliphatic hydroxyl groups is 2. The fraction of sp³-hybridized carbons (Fsp3) is 0.467. The Morgan fingerprint density at radius 1 is 1.45 bits per heavy atom. The van der Waals surface area contributed by atoms with Crippen molar-refractivity contribution in [2.24, 2.45) is 11.8 Å². The second-order valence-corrected chi connectivity index (χ2v) is 6.74. The van der Waals surface area contributed by atoms with Crippen LogP contribution in [-0.4, -0.2) is 39.0 Å². The van der Waals surface area contributed by atoms with Crippen molar-refractivity contribution >= 4 is 28.4 Å². The highest BCUT2D eigenvalue weighted by Crippen LogP contribution is 2.60. The second-order valence-electron chi connectivity index (χ2n) is 6.30. The van der Waals surface area contributed by atoms with Gasteiger partial charge in [-0.1, -0.05) is 11.6 Å². The Morgan fingerprint density at radius 2 is 2.18 bits per heavy atom. The number of nitrogens with zero attached hydrogens (tertiary/aromatic N) is 1. The first-order chi connectivity index (χ1) is 10.5. The lowest BCUT2D eigenvalue weighted by Gasteiger charge is -2.27. The molecule has 2 aromatic rings. The molecule has 4 N–H and O–H groups in total. The summed E-state index contributed by atoms with van der Waals surface area (Å²) < 4.78 is 0. The van der Waals surface area contributed by atoms with Crippen LogP contribution in [0.2, 0.25) is 5.02 Å². The molecule has 1 aromatic carbocycles. The predicted molar refractivity (Wildman–Crippen MR) is 80.2 cm³/mol. The molecule has 1 aromatic heterocycles. The summed E-state index contributed by atoms with van der Waals surface area (Å²) in [6.07, 6.45) is 2.86. The molecule has 6 nitrogen and oxygen atoms in total. The zero-order chi connectivity index (χ0) is 15.5. The molecule has 116 valence electrons. The molecule has 1 amide bonds. The van der Waals surface area contributed by atoms with Crippen LogP contribution < -0.4 is 5.32 Å². The van der Waals surface area contributed by atoms with Crippen molar-refractivity contribution in [2.75, 3.05) is 6.61 Å². The molecule has 2 aliphatic carbocycles. The highest BCUT2D eigenvalue weighted by molar-refractivity contribution is 6.31. The Labute approximate surface area is 131 Å². The molecule has 2 aliphatic rings. The largest absolute Gasteiger partial charge is 0.387 e. The first kappa shape index (κ1) is 14.0. The zero-order valence-electron chi connectivity index (χ0n) is 11.7. The predicted octanol–water partition coefficient (Wildman–Crippen LogP) is 0.921. The lowest BCUT2D eigenvalue weighted by Crippen LogP contribution is -2.34. The van der Waals surface area contributed by atoms with Crippen molar-refractivity contribution < 1.29 is 15.0 Å². The van der Waals surface area contributed by atoms with Gasteiger partial charge in [0, 0.05) is 16.5 Å². The minimum Gasteiger partial charge on any atom is -0.387 e. The summed E-state index contributed by atoms with van der Waals surface area (Å²) >= 11 is 6.14. The summed E-state index contributed by atoms with van der Waals surface area (Å²) in [5.41, 5.74) is 0.660. The number of aliphatic hydroxyl groups excluding tert-OH is 1. The quantitative estimate of drug-likeness (QED) is 0.675. The Kier molecular flexibility index (Phi) is 2.98. The van der Waals surface area contributed by atoms with Crippen LogP contribution in [0.4, 0.5) is 0 Å². The number of aromatic nitrogens is 2. The molecule has 7 heteroatoms. The van der Waals surface area contributed by atoms with Gasteiger partial charge in [0.25, 0.3) is 0 Å². The minimum absolute atomic E-state index is 0.0685. The van der Waals surface area contributed by atoms with Crippen molar-refractivity contribution in [3.05, 3.63) is 28.9 Å². The Balaban J connectivity index is 1.60. The average molecular weight is 322 g/mol. The van der Waals surface area contributed by atoms with Gasteiger partial charge in [0.15, 0.2) is 0 Å². The number of fused-ring (bicyclic) bond motifs is 2. The SMILES string of the molecule is O=C(CO)NC1[C@H]2CC(O)(c3cc(Cl)cc4[nH]ncc34)C[C@@H]12. The summed E-state index contributed by atoms with van der Waals surface area (Å²) in [4.78, 5) is 11.3. The highest BCUT2D eigenvalue weighted by atomic mass is 35.5. The van der Waals surface area contributed by atoms with E-state index in [-0.39, 0.29) is 23.8 Å². The number of hydrogen-bond acceptors (Lipinski definition) is 4. The molecule has 4 rings (SSSR count). The van der Waals surface area contributed by atoms with Gasteiger partial charge in [-0.15, -0.1) is 0 Å². The van der Waals surface area contributed by atoms with Gasteiger partial charge < -0.3 is 15.5 Å². The first-order valence-electron chi connectivity index (χ1n) is 7.27. The lowest BCUT2D eigenvalue weighted by molar-refractivity contribution is -0.124. The van der Waals surface area contributed by atoms with Crippen LogP contribution >= 0.6 is 11.6 Å². The van der Waals surface area contributed by atoms with Gasteiger partial charge in [-0.25, -0.2) is 0 Å². The number of halogens is 1. The third-order valence-electron chi connectivity index (χ3n) is 4.97. The third kappa shape index (κ3) is 2.02. The van der Waals surface area contributed by atoms with Crippen molar-refractivity contribution in [1.29, 1.82) is 0 Å². The molecular weight excluding hydrogens is 306 g/mol. The van der Waals surface area contributed by atoms with Crippen LogP contribution in [0, 0.1) is 11.8 Å². The van der Waals surface area contributed by atoms with Crippen molar-refractivity contribution in [3.8, 4) is 0 Å². The zero-order valence-corrected chi connectivity index (χ0v) is 12.5. The second kappa shape index (κ2) is 4.68. The Hall–Kier alpha value is -1.63. The fourth-order valence-corrected chi connectivity index (χ4v) is 4.15. The van der Waals surface area contributed by atoms with E-state index in [0.29, 0.717) is 17.9 Å². The van der Waals surface area contributed by atoms with E-state index in [9.17, 15) is 9.90 Å². The van der Waals surface area contributed by atoms with E-state index in [1.54, 1.807) is 18.3 Å². The molecular formula is C15H16ClN3O3. The Bertz CT molecular complexity index is 748. The number of amides is 1. The fourth-order valence-electron chi connectivity index (χ4n) is 3.93. The van der Waals surface area contributed by atoms with E-state index in [4.69, 9.17) is 16.7 Å². The number of carbonyl (C=O) groups is 1. The maximum absolute atomic E-state index is 11.3. The molecule has 0 saturated heterocycles. The number of aromatic amines is 1. The van der Waals surface area contributed by atoms with E-state index >= 15 is 0 Å². The molecule has 1 heterocycles. The number of rotatable bonds is 3. The number of hydrogen-bond donors (Lipinski definition) is 4. The number of nitrogens with one attached hydrogen (secondary N) is 2. The van der Waals surface area contributed by atoms with Crippen molar-refractivity contribution in [2.45, 2.75) is 24.5 Å². The summed E-state index contributed by atoms with van der Waals surface area (Å²) in [5, 5.41) is 31.0. The number of carbonyl (C=O) groups excluding carboxylic acids is 1. The summed E-state index contributed by atoms with van der Waals surface area (Å²) in [6, 6.07) is 3.65. The molecule has 22 heavy (non-hydrogen) atoms. The minimum atomic E-state index is -0.942. The molecule has 2 saturated carbocycles. The van der Waals surface area contributed by atoms with Crippen LogP contribution in [0.15, 0.2) is 18.3 Å². The summed E-state index contributed by atoms with van der Waals surface area (Å²) in [7, 11) is 0. The van der Waals surface area contributed by atoms with Crippen LogP contribution in [-0.2, 0) is 10.4 Å². The number of H-pyrrole nitrogens is 1. The van der Waals surface area contributed by atoms with E-state index in [0.717, 1.165) is 16.5 Å². The van der Waals surface area contributed by atoms with Gasteiger partial charge in [0.05, 0.1) is 17.3 Å². The first-order valence-corrected chi connectivity index (χ1v) is 7.65. The van der Waals surface area contributed by atoms with Gasteiger partial charge in [-0.05, 0) is 42.4 Å². The van der Waals surface area contributed by atoms with Gasteiger partial charge in [-0.2, -0.15) is 5.10 Å². The topological polar surface area (TPSA) is 98.2 Å². The lowest BCUT2D eigenvalue weighted by atomic mass is 9.86. The van der Waals surface area contributed by atoms with Crippen molar-refractivity contribution in [1.82, 2.24) is 15.5 Å². The molecule has 0 spiro atoms. The van der Waals surface area contributed by atoms with E-state index in [1.807, 2.05) is 0 Å². The molecule has 4 atom stereocenters. The maximum atomic E-state index is 11.3. The standard InChI is InChI=1S/C15H16ClN3O3/c16-7-1-11(10-5-17-19-12(10)2-7)15(22)3-8-9(4-15)14(8)18-13(21)6-20/h1-2,5,8-9,14,20,22H,3-4,6H2,(H,17,19)(H,18,21)/t8-,9+,14?,15?.